The Hall–Kier alpha value is -1.81. The summed E-state index contributed by atoms with van der Waals surface area (Å²) in [4.78, 5) is 22.7. The van der Waals surface area contributed by atoms with Crippen molar-refractivity contribution in [2.75, 3.05) is 6.61 Å². The van der Waals surface area contributed by atoms with Crippen molar-refractivity contribution in [1.82, 2.24) is 5.32 Å². The first kappa shape index (κ1) is 13.3. The van der Waals surface area contributed by atoms with Gasteiger partial charge in [-0.2, -0.15) is 0 Å². The van der Waals surface area contributed by atoms with Crippen LogP contribution in [0.2, 0.25) is 0 Å². The van der Waals surface area contributed by atoms with Gasteiger partial charge in [0.2, 0.25) is 0 Å². The highest BCUT2D eigenvalue weighted by Gasteiger charge is 2.10. The molecule has 90 valence electrons. The predicted octanol–water partition coefficient (Wildman–Crippen LogP) is 2.61. The molecule has 0 aliphatic rings. The van der Waals surface area contributed by atoms with Crippen LogP contribution in [-0.4, -0.2) is 18.6 Å². The van der Waals surface area contributed by atoms with Gasteiger partial charge in [0.05, 0.1) is 0 Å². The van der Waals surface area contributed by atoms with Gasteiger partial charge in [-0.3, -0.25) is 10.1 Å². The number of imide groups is 1. The molecule has 4 nitrogen and oxygen atoms in total. The summed E-state index contributed by atoms with van der Waals surface area (Å²) in [6.45, 7) is 5.12. The van der Waals surface area contributed by atoms with E-state index in [1.165, 1.54) is 0 Å². The minimum Gasteiger partial charge on any atom is -0.443 e. The number of carbonyl (C=O) groups is 2. The molecule has 1 aromatic carbocycles. The fourth-order valence-corrected chi connectivity index (χ4v) is 1.10. The van der Waals surface area contributed by atoms with Crippen LogP contribution in [0.15, 0.2) is 35.9 Å². The number of ether oxygens (including phenoxy) is 1. The number of rotatable bonds is 3. The first-order valence-corrected chi connectivity index (χ1v) is 5.25. The van der Waals surface area contributed by atoms with Crippen molar-refractivity contribution in [3.05, 3.63) is 47.0 Å². The molecule has 0 radical (unpaired) electrons. The molecule has 1 rings (SSSR count). The lowest BCUT2D eigenvalue weighted by Gasteiger charge is -2.05. The Kier molecular flexibility index (Phi) is 4.72. The molecule has 1 N–H and O–H groups in total. The lowest BCUT2D eigenvalue weighted by molar-refractivity contribution is 0.0928. The van der Waals surface area contributed by atoms with Crippen molar-refractivity contribution in [2.45, 2.75) is 6.92 Å². The van der Waals surface area contributed by atoms with E-state index in [1.807, 2.05) is 6.92 Å². The van der Waals surface area contributed by atoms with Gasteiger partial charge in [0.1, 0.15) is 6.61 Å². The van der Waals surface area contributed by atoms with E-state index in [0.29, 0.717) is 5.56 Å². The Bertz CT molecular complexity index is 440. The predicted molar refractivity (Wildman–Crippen MR) is 65.0 cm³/mol. The summed E-state index contributed by atoms with van der Waals surface area (Å²) in [5.74, 6) is -0.518. The summed E-state index contributed by atoms with van der Waals surface area (Å²) in [6.07, 6.45) is -0.850. The van der Waals surface area contributed by atoms with Gasteiger partial charge in [-0.05, 0) is 19.1 Å². The Labute approximate surface area is 104 Å². The van der Waals surface area contributed by atoms with E-state index in [4.69, 9.17) is 11.6 Å². The number of halogens is 1. The monoisotopic (exact) mass is 253 g/mol. The Morgan fingerprint density at radius 1 is 1.35 bits per heavy atom. The van der Waals surface area contributed by atoms with Crippen LogP contribution in [0.1, 0.15) is 15.9 Å². The highest BCUT2D eigenvalue weighted by Crippen LogP contribution is 2.03. The highest BCUT2D eigenvalue weighted by atomic mass is 35.5. The molecular weight excluding hydrogens is 242 g/mol. The van der Waals surface area contributed by atoms with Crippen LogP contribution >= 0.6 is 11.6 Å². The molecule has 0 spiro atoms. The van der Waals surface area contributed by atoms with Gasteiger partial charge in [-0.15, -0.1) is 0 Å². The summed E-state index contributed by atoms with van der Waals surface area (Å²) in [5.41, 5.74) is 1.42. The topological polar surface area (TPSA) is 55.4 Å². The standard InChI is InChI=1S/C12H12ClNO3/c1-8-3-5-10(6-4-8)11(15)14-12(16)17-7-9(2)13/h3-6H,2,7H2,1H3,(H,14,15,16). The maximum absolute atomic E-state index is 11.5. The quantitative estimate of drug-likeness (QED) is 0.901. The molecule has 5 heteroatoms. The van der Waals surface area contributed by atoms with E-state index in [9.17, 15) is 9.59 Å². The van der Waals surface area contributed by atoms with E-state index < -0.39 is 12.0 Å². The first-order valence-electron chi connectivity index (χ1n) is 4.87. The van der Waals surface area contributed by atoms with Crippen LogP contribution in [-0.2, 0) is 4.74 Å². The third-order valence-electron chi connectivity index (χ3n) is 1.89. The molecule has 0 aliphatic heterocycles. The zero-order valence-electron chi connectivity index (χ0n) is 9.33. The summed E-state index contributed by atoms with van der Waals surface area (Å²) in [7, 11) is 0. The molecule has 0 atom stereocenters. The third kappa shape index (κ3) is 4.70. The molecule has 0 aromatic heterocycles. The van der Waals surface area contributed by atoms with Gasteiger partial charge in [0.25, 0.3) is 5.91 Å². The van der Waals surface area contributed by atoms with E-state index in [0.717, 1.165) is 5.56 Å². The number of benzene rings is 1. The number of aryl methyl sites for hydroxylation is 1. The lowest BCUT2D eigenvalue weighted by atomic mass is 10.1. The third-order valence-corrected chi connectivity index (χ3v) is 2.00. The average Bonchev–Trinajstić information content (AvgIpc) is 2.27. The summed E-state index contributed by atoms with van der Waals surface area (Å²) in [6, 6.07) is 6.80. The summed E-state index contributed by atoms with van der Waals surface area (Å²) < 4.78 is 4.62. The van der Waals surface area contributed by atoms with Crippen molar-refractivity contribution < 1.29 is 14.3 Å². The second kappa shape index (κ2) is 6.06. The van der Waals surface area contributed by atoms with Crippen molar-refractivity contribution in [3.63, 3.8) is 0 Å². The average molecular weight is 254 g/mol. The fourth-order valence-electron chi connectivity index (χ4n) is 1.05. The van der Waals surface area contributed by atoms with E-state index in [1.54, 1.807) is 24.3 Å². The van der Waals surface area contributed by atoms with Crippen molar-refractivity contribution in [3.8, 4) is 0 Å². The van der Waals surface area contributed by atoms with Crippen LogP contribution in [0.5, 0.6) is 0 Å². The molecule has 0 unspecified atom stereocenters. The molecular formula is C12H12ClNO3. The fraction of sp³-hybridized carbons (Fsp3) is 0.167. The molecule has 0 saturated carbocycles. The lowest BCUT2D eigenvalue weighted by Crippen LogP contribution is -2.31. The van der Waals surface area contributed by atoms with Gasteiger partial charge in [0.15, 0.2) is 0 Å². The number of hydrogen-bond acceptors (Lipinski definition) is 3. The second-order valence-electron chi connectivity index (χ2n) is 3.41. The van der Waals surface area contributed by atoms with Crippen LogP contribution < -0.4 is 5.32 Å². The SMILES string of the molecule is C=C(Cl)COC(=O)NC(=O)c1ccc(C)cc1. The minimum absolute atomic E-state index is 0.130. The van der Waals surface area contributed by atoms with Crippen molar-refractivity contribution in [1.29, 1.82) is 0 Å². The van der Waals surface area contributed by atoms with Gasteiger partial charge in [-0.1, -0.05) is 35.9 Å². The Morgan fingerprint density at radius 2 is 1.94 bits per heavy atom. The Morgan fingerprint density at radius 3 is 2.47 bits per heavy atom. The molecule has 17 heavy (non-hydrogen) atoms. The second-order valence-corrected chi connectivity index (χ2v) is 3.95. The van der Waals surface area contributed by atoms with Gasteiger partial charge < -0.3 is 4.74 Å². The minimum atomic E-state index is -0.850. The van der Waals surface area contributed by atoms with Crippen molar-refractivity contribution >= 4 is 23.6 Å². The highest BCUT2D eigenvalue weighted by molar-refractivity contribution is 6.29. The molecule has 1 aromatic rings. The van der Waals surface area contributed by atoms with Crippen LogP contribution in [0.25, 0.3) is 0 Å². The largest absolute Gasteiger partial charge is 0.443 e. The zero-order chi connectivity index (χ0) is 12.8. The molecule has 0 bridgehead atoms. The normalized spacial score (nSPS) is 9.53. The molecule has 0 heterocycles. The maximum Gasteiger partial charge on any atom is 0.414 e. The van der Waals surface area contributed by atoms with Gasteiger partial charge in [-0.25, -0.2) is 4.79 Å². The maximum atomic E-state index is 11.5. The van der Waals surface area contributed by atoms with Crippen LogP contribution in [0, 0.1) is 6.92 Å². The Balaban J connectivity index is 2.51. The number of carbonyl (C=O) groups excluding carboxylic acids is 2. The molecule has 0 saturated heterocycles. The van der Waals surface area contributed by atoms with Crippen LogP contribution in [0.4, 0.5) is 4.79 Å². The van der Waals surface area contributed by atoms with E-state index >= 15 is 0 Å². The molecule has 2 amide bonds. The van der Waals surface area contributed by atoms with Gasteiger partial charge >= 0.3 is 6.09 Å². The van der Waals surface area contributed by atoms with E-state index in [2.05, 4.69) is 16.6 Å². The van der Waals surface area contributed by atoms with Gasteiger partial charge in [0, 0.05) is 10.6 Å². The number of alkyl carbamates (subject to hydrolysis) is 1. The summed E-state index contributed by atoms with van der Waals surface area (Å²) >= 11 is 5.41. The van der Waals surface area contributed by atoms with Crippen molar-refractivity contribution in [2.24, 2.45) is 0 Å². The number of amides is 2. The number of hydrogen-bond donors (Lipinski definition) is 1. The first-order chi connectivity index (χ1) is 7.99. The van der Waals surface area contributed by atoms with Crippen LogP contribution in [0.3, 0.4) is 0 Å². The smallest absolute Gasteiger partial charge is 0.414 e. The van der Waals surface area contributed by atoms with E-state index in [-0.39, 0.29) is 11.6 Å². The molecule has 0 aliphatic carbocycles. The number of nitrogens with one attached hydrogen (secondary N) is 1. The summed E-state index contributed by atoms with van der Waals surface area (Å²) in [5, 5.41) is 2.25. The molecule has 0 fully saturated rings. The zero-order valence-corrected chi connectivity index (χ0v) is 10.1.